The third-order valence-corrected chi connectivity index (χ3v) is 3.73. The van der Waals surface area contributed by atoms with Crippen LogP contribution in [0.2, 0.25) is 0 Å². The summed E-state index contributed by atoms with van der Waals surface area (Å²) in [4.78, 5) is 0. The van der Waals surface area contributed by atoms with Crippen molar-refractivity contribution >= 4 is 11.4 Å². The minimum Gasteiger partial charge on any atom is -0.494 e. The first-order chi connectivity index (χ1) is 11.8. The molecule has 0 amide bonds. The highest BCUT2D eigenvalue weighted by Crippen LogP contribution is 2.17. The number of hydrogen-bond acceptors (Lipinski definition) is 3. The summed E-state index contributed by atoms with van der Waals surface area (Å²) in [5, 5.41) is 6.61. The van der Waals surface area contributed by atoms with E-state index >= 15 is 0 Å². The first-order valence-corrected chi connectivity index (χ1v) is 8.74. The average Bonchev–Trinajstić information content (AvgIpc) is 2.60. The van der Waals surface area contributed by atoms with Gasteiger partial charge in [0.05, 0.1) is 6.61 Å². The van der Waals surface area contributed by atoms with Gasteiger partial charge in [-0.1, -0.05) is 32.3 Å². The summed E-state index contributed by atoms with van der Waals surface area (Å²) < 4.78 is 18.6. The molecule has 0 aliphatic carbocycles. The summed E-state index contributed by atoms with van der Waals surface area (Å²) >= 11 is 0. The van der Waals surface area contributed by atoms with E-state index in [-0.39, 0.29) is 5.82 Å². The fraction of sp³-hybridized carbons (Fsp3) is 0.400. The Bertz CT molecular complexity index is 586. The Morgan fingerprint density at radius 2 is 1.62 bits per heavy atom. The number of ether oxygens (including phenoxy) is 1. The molecule has 0 aliphatic heterocycles. The summed E-state index contributed by atoms with van der Waals surface area (Å²) in [5.74, 6) is 0.688. The molecule has 2 N–H and O–H groups in total. The molecule has 0 unspecified atom stereocenters. The lowest BCUT2D eigenvalue weighted by Crippen LogP contribution is -2.13. The van der Waals surface area contributed by atoms with Gasteiger partial charge in [-0.15, -0.1) is 0 Å². The fourth-order valence-corrected chi connectivity index (χ4v) is 2.40. The van der Waals surface area contributed by atoms with Crippen LogP contribution in [-0.2, 0) is 0 Å². The van der Waals surface area contributed by atoms with Gasteiger partial charge in [-0.05, 0) is 42.8 Å². The van der Waals surface area contributed by atoms with Crippen LogP contribution in [0.15, 0.2) is 48.5 Å². The lowest BCUT2D eigenvalue weighted by atomic mass is 10.2. The molecule has 0 fully saturated rings. The second kappa shape index (κ2) is 10.5. The Morgan fingerprint density at radius 3 is 2.38 bits per heavy atom. The Balaban J connectivity index is 1.67. The third-order valence-electron chi connectivity index (χ3n) is 3.73. The Hall–Kier alpha value is -2.23. The van der Waals surface area contributed by atoms with Gasteiger partial charge in [0.15, 0.2) is 0 Å². The van der Waals surface area contributed by atoms with Gasteiger partial charge in [-0.3, -0.25) is 0 Å². The van der Waals surface area contributed by atoms with Crippen molar-refractivity contribution in [2.24, 2.45) is 0 Å². The van der Waals surface area contributed by atoms with Gasteiger partial charge in [0.1, 0.15) is 11.6 Å². The molecule has 0 saturated carbocycles. The molecule has 3 nitrogen and oxygen atoms in total. The molecule has 2 aromatic rings. The average molecular weight is 330 g/mol. The van der Waals surface area contributed by atoms with E-state index in [0.717, 1.165) is 43.2 Å². The van der Waals surface area contributed by atoms with Gasteiger partial charge < -0.3 is 15.4 Å². The molecule has 0 aliphatic rings. The molecule has 0 bridgehead atoms. The second-order valence-corrected chi connectivity index (χ2v) is 5.80. The molecule has 4 heteroatoms. The van der Waals surface area contributed by atoms with Crippen LogP contribution in [0.5, 0.6) is 5.75 Å². The molecule has 0 atom stereocenters. The van der Waals surface area contributed by atoms with E-state index in [0.29, 0.717) is 0 Å². The fourth-order valence-electron chi connectivity index (χ4n) is 2.40. The lowest BCUT2D eigenvalue weighted by molar-refractivity contribution is 0.305. The topological polar surface area (TPSA) is 33.3 Å². The minimum absolute atomic E-state index is 0.217. The van der Waals surface area contributed by atoms with E-state index in [1.807, 2.05) is 24.3 Å². The van der Waals surface area contributed by atoms with E-state index in [4.69, 9.17) is 4.74 Å². The van der Waals surface area contributed by atoms with Gasteiger partial charge in [0.25, 0.3) is 0 Å². The zero-order valence-corrected chi connectivity index (χ0v) is 14.4. The number of rotatable bonds is 11. The van der Waals surface area contributed by atoms with Gasteiger partial charge in [0, 0.05) is 30.5 Å². The number of benzene rings is 2. The van der Waals surface area contributed by atoms with Crippen molar-refractivity contribution in [3.8, 4) is 5.75 Å². The predicted octanol–water partition coefficient (Wildman–Crippen LogP) is 5.31. The molecule has 0 saturated heterocycles. The van der Waals surface area contributed by atoms with Crippen molar-refractivity contribution in [2.75, 3.05) is 30.3 Å². The quantitative estimate of drug-likeness (QED) is 0.548. The van der Waals surface area contributed by atoms with E-state index in [9.17, 15) is 4.39 Å². The van der Waals surface area contributed by atoms with E-state index in [1.54, 1.807) is 12.1 Å². The van der Waals surface area contributed by atoms with Gasteiger partial charge in [-0.25, -0.2) is 4.39 Å². The summed E-state index contributed by atoms with van der Waals surface area (Å²) in [6.07, 6.45) is 4.84. The summed E-state index contributed by atoms with van der Waals surface area (Å²) in [6, 6.07) is 14.4. The van der Waals surface area contributed by atoms with Gasteiger partial charge >= 0.3 is 0 Å². The van der Waals surface area contributed by atoms with E-state index in [1.165, 1.54) is 31.4 Å². The molecule has 130 valence electrons. The number of unbranched alkanes of at least 4 members (excludes halogenated alkanes) is 3. The van der Waals surface area contributed by atoms with Crippen LogP contribution < -0.4 is 15.4 Å². The summed E-state index contributed by atoms with van der Waals surface area (Å²) in [7, 11) is 0. The van der Waals surface area contributed by atoms with Crippen LogP contribution in [0.3, 0.4) is 0 Å². The monoisotopic (exact) mass is 330 g/mol. The van der Waals surface area contributed by atoms with Crippen molar-refractivity contribution in [3.05, 3.63) is 54.3 Å². The number of hydrogen-bond donors (Lipinski definition) is 2. The number of nitrogens with one attached hydrogen (secondary N) is 2. The number of halogens is 1. The molecule has 24 heavy (non-hydrogen) atoms. The molecule has 0 spiro atoms. The molecule has 0 heterocycles. The molecular formula is C20H27FN2O. The highest BCUT2D eigenvalue weighted by Gasteiger charge is 1.98. The highest BCUT2D eigenvalue weighted by molar-refractivity contribution is 5.48. The highest BCUT2D eigenvalue weighted by atomic mass is 19.1. The zero-order chi connectivity index (χ0) is 17.0. The SMILES string of the molecule is CCCCCCOc1cccc(NCCNc2ccc(F)cc2)c1. The standard InChI is InChI=1S/C20H27FN2O/c1-2-3-4-5-15-24-20-8-6-7-19(16-20)23-14-13-22-18-11-9-17(21)10-12-18/h6-12,16,22-23H,2-5,13-15H2,1H3. The third kappa shape index (κ3) is 6.90. The smallest absolute Gasteiger partial charge is 0.123 e. The Labute approximate surface area is 144 Å². The Kier molecular flexibility index (Phi) is 7.94. The minimum atomic E-state index is -0.217. The van der Waals surface area contributed by atoms with Crippen molar-refractivity contribution in [1.29, 1.82) is 0 Å². The van der Waals surface area contributed by atoms with Crippen molar-refractivity contribution in [3.63, 3.8) is 0 Å². The van der Waals surface area contributed by atoms with Crippen LogP contribution in [0.1, 0.15) is 32.6 Å². The molecule has 2 aromatic carbocycles. The summed E-state index contributed by atoms with van der Waals surface area (Å²) in [6.45, 7) is 4.52. The largest absolute Gasteiger partial charge is 0.494 e. The van der Waals surface area contributed by atoms with Crippen LogP contribution >= 0.6 is 0 Å². The molecule has 0 aromatic heterocycles. The molecular weight excluding hydrogens is 303 g/mol. The normalized spacial score (nSPS) is 10.4. The maximum absolute atomic E-state index is 12.8. The predicted molar refractivity (Wildman–Crippen MR) is 99.5 cm³/mol. The van der Waals surface area contributed by atoms with Gasteiger partial charge in [-0.2, -0.15) is 0 Å². The zero-order valence-electron chi connectivity index (χ0n) is 14.4. The molecule has 2 rings (SSSR count). The first kappa shape index (κ1) is 18.1. The van der Waals surface area contributed by atoms with Crippen molar-refractivity contribution < 1.29 is 9.13 Å². The van der Waals surface area contributed by atoms with Crippen LogP contribution in [0.25, 0.3) is 0 Å². The maximum atomic E-state index is 12.8. The second-order valence-electron chi connectivity index (χ2n) is 5.80. The van der Waals surface area contributed by atoms with Crippen molar-refractivity contribution in [2.45, 2.75) is 32.6 Å². The summed E-state index contributed by atoms with van der Waals surface area (Å²) in [5.41, 5.74) is 1.96. The van der Waals surface area contributed by atoms with Crippen LogP contribution in [-0.4, -0.2) is 19.7 Å². The first-order valence-electron chi connectivity index (χ1n) is 8.74. The van der Waals surface area contributed by atoms with E-state index < -0.39 is 0 Å². The maximum Gasteiger partial charge on any atom is 0.123 e. The number of anilines is 2. The van der Waals surface area contributed by atoms with Gasteiger partial charge in [0.2, 0.25) is 0 Å². The van der Waals surface area contributed by atoms with E-state index in [2.05, 4.69) is 17.6 Å². The van der Waals surface area contributed by atoms with Crippen LogP contribution in [0.4, 0.5) is 15.8 Å². The lowest BCUT2D eigenvalue weighted by Gasteiger charge is -2.11. The Morgan fingerprint density at radius 1 is 0.875 bits per heavy atom. The molecule has 0 radical (unpaired) electrons. The van der Waals surface area contributed by atoms with Crippen LogP contribution in [0, 0.1) is 5.82 Å². The van der Waals surface area contributed by atoms with Crippen molar-refractivity contribution in [1.82, 2.24) is 0 Å².